The Morgan fingerprint density at radius 1 is 1.22 bits per heavy atom. The molecule has 1 aromatic carbocycles. The first-order valence-corrected chi connectivity index (χ1v) is 8.03. The molecule has 0 saturated carbocycles. The van der Waals surface area contributed by atoms with Crippen molar-refractivity contribution in [1.29, 1.82) is 0 Å². The Morgan fingerprint density at radius 3 is 2.65 bits per heavy atom. The van der Waals surface area contributed by atoms with Gasteiger partial charge in [0.05, 0.1) is 6.10 Å². The maximum Gasteiger partial charge on any atom is 0.326 e. The Hall–Kier alpha value is -2.08. The molecule has 6 heteroatoms. The van der Waals surface area contributed by atoms with Crippen LogP contribution in [-0.2, 0) is 9.53 Å². The summed E-state index contributed by atoms with van der Waals surface area (Å²) < 4.78 is 11.2. The normalized spacial score (nSPS) is 23.9. The highest BCUT2D eigenvalue weighted by molar-refractivity contribution is 5.97. The smallest absolute Gasteiger partial charge is 0.326 e. The van der Waals surface area contributed by atoms with E-state index in [1.54, 1.807) is 24.3 Å². The summed E-state index contributed by atoms with van der Waals surface area (Å²) in [4.78, 5) is 25.1. The van der Waals surface area contributed by atoms with Crippen LogP contribution >= 0.6 is 0 Å². The number of rotatable bonds is 5. The number of hydrogen-bond donors (Lipinski definition) is 1. The van der Waals surface area contributed by atoms with Crippen LogP contribution < -0.4 is 4.74 Å². The average Bonchev–Trinajstić information content (AvgIpc) is 3.24. The number of nitrogens with zero attached hydrogens (tertiary/aromatic N) is 1. The zero-order valence-corrected chi connectivity index (χ0v) is 12.9. The molecule has 6 nitrogen and oxygen atoms in total. The van der Waals surface area contributed by atoms with E-state index in [1.807, 2.05) is 0 Å². The molecule has 0 unspecified atom stereocenters. The highest BCUT2D eigenvalue weighted by Crippen LogP contribution is 2.22. The molecule has 2 aliphatic rings. The lowest BCUT2D eigenvalue weighted by Crippen LogP contribution is -2.40. The average molecular weight is 319 g/mol. The van der Waals surface area contributed by atoms with E-state index in [0.717, 1.165) is 25.9 Å². The third-order valence-electron chi connectivity index (χ3n) is 4.36. The fraction of sp³-hybridized carbons (Fsp3) is 0.529. The zero-order chi connectivity index (χ0) is 16.2. The molecule has 2 fully saturated rings. The second kappa shape index (κ2) is 7.00. The van der Waals surface area contributed by atoms with E-state index in [1.165, 1.54) is 4.90 Å². The highest BCUT2D eigenvalue weighted by Gasteiger charge is 2.34. The summed E-state index contributed by atoms with van der Waals surface area (Å²) in [6.45, 7) is 1.80. The molecule has 0 radical (unpaired) electrons. The third-order valence-corrected chi connectivity index (χ3v) is 4.36. The minimum Gasteiger partial charge on any atom is -0.491 e. The van der Waals surface area contributed by atoms with Gasteiger partial charge in [0, 0.05) is 18.7 Å². The van der Waals surface area contributed by atoms with Crippen LogP contribution in [0.2, 0.25) is 0 Å². The van der Waals surface area contributed by atoms with Crippen molar-refractivity contribution in [3.63, 3.8) is 0 Å². The second-order valence-corrected chi connectivity index (χ2v) is 5.97. The number of likely N-dealkylation sites (tertiary alicyclic amines) is 1. The number of carboxylic acid groups (broad SMARTS) is 1. The van der Waals surface area contributed by atoms with E-state index >= 15 is 0 Å². The van der Waals surface area contributed by atoms with Crippen LogP contribution in [0.3, 0.4) is 0 Å². The van der Waals surface area contributed by atoms with Gasteiger partial charge in [0.25, 0.3) is 5.91 Å². The van der Waals surface area contributed by atoms with Gasteiger partial charge in [-0.05, 0) is 49.9 Å². The van der Waals surface area contributed by atoms with Gasteiger partial charge in [-0.25, -0.2) is 4.79 Å². The topological polar surface area (TPSA) is 76.1 Å². The molecule has 0 aliphatic carbocycles. The van der Waals surface area contributed by atoms with Gasteiger partial charge in [-0.2, -0.15) is 0 Å². The lowest BCUT2D eigenvalue weighted by molar-refractivity contribution is -0.141. The van der Waals surface area contributed by atoms with Gasteiger partial charge in [-0.1, -0.05) is 0 Å². The molecular formula is C17H21NO5. The molecule has 124 valence electrons. The van der Waals surface area contributed by atoms with E-state index in [-0.39, 0.29) is 12.0 Å². The Bertz CT molecular complexity index is 565. The van der Waals surface area contributed by atoms with Gasteiger partial charge in [0.15, 0.2) is 0 Å². The van der Waals surface area contributed by atoms with Crippen molar-refractivity contribution >= 4 is 11.9 Å². The standard InChI is InChI=1S/C17H21NO5/c19-16(18-9-1-4-15(18)17(20)21)12-5-7-13(8-6-12)23-11-14-3-2-10-22-14/h5-8,14-15H,1-4,9-11H2,(H,20,21)/t14-,15+/m0/s1. The Labute approximate surface area is 135 Å². The minimum atomic E-state index is -0.938. The molecule has 2 atom stereocenters. The first kappa shape index (κ1) is 15.8. The van der Waals surface area contributed by atoms with Gasteiger partial charge >= 0.3 is 5.97 Å². The van der Waals surface area contributed by atoms with E-state index in [2.05, 4.69) is 0 Å². The summed E-state index contributed by atoms with van der Waals surface area (Å²) in [5.41, 5.74) is 0.489. The summed E-state index contributed by atoms with van der Waals surface area (Å²) in [5, 5.41) is 9.17. The minimum absolute atomic E-state index is 0.150. The summed E-state index contributed by atoms with van der Waals surface area (Å²) in [6.07, 6.45) is 3.48. The fourth-order valence-corrected chi connectivity index (χ4v) is 3.09. The molecule has 1 N–H and O–H groups in total. The monoisotopic (exact) mass is 319 g/mol. The lowest BCUT2D eigenvalue weighted by atomic mass is 10.1. The number of aliphatic carboxylic acids is 1. The molecule has 0 bridgehead atoms. The molecule has 0 spiro atoms. The van der Waals surface area contributed by atoms with Crippen LogP contribution in [0.15, 0.2) is 24.3 Å². The summed E-state index contributed by atoms with van der Waals surface area (Å²) in [5.74, 6) is -0.485. The lowest BCUT2D eigenvalue weighted by Gasteiger charge is -2.21. The molecule has 0 aromatic heterocycles. The largest absolute Gasteiger partial charge is 0.491 e. The van der Waals surface area contributed by atoms with Crippen LogP contribution in [0.1, 0.15) is 36.0 Å². The van der Waals surface area contributed by atoms with Crippen LogP contribution in [0, 0.1) is 0 Å². The molecule has 1 amide bonds. The van der Waals surface area contributed by atoms with Gasteiger partial charge in [0.2, 0.25) is 0 Å². The molecular weight excluding hydrogens is 298 g/mol. The molecule has 2 saturated heterocycles. The van der Waals surface area contributed by atoms with E-state index in [9.17, 15) is 14.7 Å². The van der Waals surface area contributed by atoms with Crippen molar-refractivity contribution in [3.8, 4) is 5.75 Å². The maximum absolute atomic E-state index is 12.4. The molecule has 1 aromatic rings. The fourth-order valence-electron chi connectivity index (χ4n) is 3.09. The van der Waals surface area contributed by atoms with Crippen molar-refractivity contribution < 1.29 is 24.2 Å². The van der Waals surface area contributed by atoms with Crippen LogP contribution in [-0.4, -0.2) is 53.8 Å². The van der Waals surface area contributed by atoms with Crippen molar-refractivity contribution in [2.75, 3.05) is 19.8 Å². The van der Waals surface area contributed by atoms with Crippen LogP contribution in [0.4, 0.5) is 0 Å². The molecule has 3 rings (SSSR count). The SMILES string of the molecule is O=C(O)[C@H]1CCCN1C(=O)c1ccc(OC[C@@H]2CCCO2)cc1. The van der Waals surface area contributed by atoms with Gasteiger partial charge < -0.3 is 19.5 Å². The summed E-state index contributed by atoms with van der Waals surface area (Å²) >= 11 is 0. The number of ether oxygens (including phenoxy) is 2. The molecule has 23 heavy (non-hydrogen) atoms. The van der Waals surface area contributed by atoms with E-state index in [4.69, 9.17) is 9.47 Å². The quantitative estimate of drug-likeness (QED) is 0.897. The van der Waals surface area contributed by atoms with Crippen molar-refractivity contribution in [3.05, 3.63) is 29.8 Å². The zero-order valence-electron chi connectivity index (χ0n) is 12.9. The van der Waals surface area contributed by atoms with E-state index < -0.39 is 12.0 Å². The predicted octanol–water partition coefficient (Wildman–Crippen LogP) is 1.93. The summed E-state index contributed by atoms with van der Waals surface area (Å²) in [7, 11) is 0. The van der Waals surface area contributed by atoms with Gasteiger partial charge in [-0.3, -0.25) is 4.79 Å². The van der Waals surface area contributed by atoms with Crippen LogP contribution in [0.25, 0.3) is 0 Å². The number of carbonyl (C=O) groups is 2. The van der Waals surface area contributed by atoms with Crippen molar-refractivity contribution in [2.24, 2.45) is 0 Å². The highest BCUT2D eigenvalue weighted by atomic mass is 16.5. The molecule has 2 aliphatic heterocycles. The number of carboxylic acids is 1. The van der Waals surface area contributed by atoms with E-state index in [0.29, 0.717) is 30.9 Å². The van der Waals surface area contributed by atoms with Gasteiger partial charge in [0.1, 0.15) is 18.4 Å². The summed E-state index contributed by atoms with van der Waals surface area (Å²) in [6, 6.07) is 6.15. The first-order chi connectivity index (χ1) is 11.1. The first-order valence-electron chi connectivity index (χ1n) is 8.03. The second-order valence-electron chi connectivity index (χ2n) is 5.97. The number of benzene rings is 1. The Morgan fingerprint density at radius 2 is 2.00 bits per heavy atom. The maximum atomic E-state index is 12.4. The van der Waals surface area contributed by atoms with Crippen molar-refractivity contribution in [2.45, 2.75) is 37.8 Å². The van der Waals surface area contributed by atoms with Crippen LogP contribution in [0.5, 0.6) is 5.75 Å². The Kier molecular flexibility index (Phi) is 4.81. The third kappa shape index (κ3) is 3.64. The predicted molar refractivity (Wildman–Crippen MR) is 82.6 cm³/mol. The van der Waals surface area contributed by atoms with Crippen molar-refractivity contribution in [1.82, 2.24) is 4.90 Å². The number of amides is 1. The number of hydrogen-bond acceptors (Lipinski definition) is 4. The Balaban J connectivity index is 1.59. The van der Waals surface area contributed by atoms with Gasteiger partial charge in [-0.15, -0.1) is 0 Å². The number of carbonyl (C=O) groups excluding carboxylic acids is 1. The molecule has 2 heterocycles.